The number of nitrogens with zero attached hydrogens (tertiary/aromatic N) is 4. The number of carbonyl (C=O) groups excluding carboxylic acids is 1. The minimum atomic E-state index is -0.245. The molecular weight excluding hydrogens is 404 g/mol. The fourth-order valence-corrected chi connectivity index (χ4v) is 3.39. The molecule has 0 atom stereocenters. The van der Waals surface area contributed by atoms with Crippen molar-refractivity contribution in [3.63, 3.8) is 0 Å². The highest BCUT2D eigenvalue weighted by Crippen LogP contribution is 2.20. The van der Waals surface area contributed by atoms with Crippen LogP contribution in [0.4, 0.5) is 0 Å². The van der Waals surface area contributed by atoms with E-state index in [1.807, 2.05) is 25.1 Å². The third-order valence-corrected chi connectivity index (χ3v) is 5.28. The fourth-order valence-electron chi connectivity index (χ4n) is 3.39. The average molecular weight is 432 g/mol. The molecule has 0 bridgehead atoms. The molecule has 0 radical (unpaired) electrons. The van der Waals surface area contributed by atoms with Crippen LogP contribution in [0.1, 0.15) is 47.1 Å². The molecular formula is C24H27N6O2-. The molecule has 32 heavy (non-hydrogen) atoms. The summed E-state index contributed by atoms with van der Waals surface area (Å²) in [4.78, 5) is 16.6. The van der Waals surface area contributed by atoms with Gasteiger partial charge in [-0.15, -0.1) is 5.10 Å². The Kier molecular flexibility index (Phi) is 6.91. The fraction of sp³-hybridized carbons (Fsp3) is 0.333. The lowest BCUT2D eigenvalue weighted by molar-refractivity contribution is -0.213. The molecule has 3 aromatic rings. The summed E-state index contributed by atoms with van der Waals surface area (Å²) >= 11 is 0. The molecule has 0 saturated heterocycles. The van der Waals surface area contributed by atoms with E-state index < -0.39 is 0 Å². The van der Waals surface area contributed by atoms with Gasteiger partial charge in [0.25, 0.3) is 5.91 Å². The first-order valence-corrected chi connectivity index (χ1v) is 11.0. The number of nitrogens with one attached hydrogen (secondary N) is 2. The Morgan fingerprint density at radius 1 is 1.16 bits per heavy atom. The zero-order valence-corrected chi connectivity index (χ0v) is 18.1. The monoisotopic (exact) mass is 431 g/mol. The van der Waals surface area contributed by atoms with E-state index in [1.165, 1.54) is 5.56 Å². The first-order valence-electron chi connectivity index (χ1n) is 11.0. The summed E-state index contributed by atoms with van der Waals surface area (Å²) in [6.07, 6.45) is 2.88. The van der Waals surface area contributed by atoms with E-state index in [2.05, 4.69) is 38.1 Å². The van der Waals surface area contributed by atoms with Gasteiger partial charge in [0.1, 0.15) is 0 Å². The first-order chi connectivity index (χ1) is 15.7. The Morgan fingerprint density at radius 2 is 1.91 bits per heavy atom. The molecule has 8 nitrogen and oxygen atoms in total. The largest absolute Gasteiger partial charge is 0.858 e. The number of rotatable bonds is 10. The maximum Gasteiger partial charge on any atom is 0.274 e. The summed E-state index contributed by atoms with van der Waals surface area (Å²) in [6, 6.07) is 17.5. The van der Waals surface area contributed by atoms with Crippen LogP contribution < -0.4 is 15.7 Å². The highest BCUT2D eigenvalue weighted by Gasteiger charge is 2.27. The lowest BCUT2D eigenvalue weighted by atomic mass is 10.1. The van der Waals surface area contributed by atoms with Crippen molar-refractivity contribution in [3.8, 4) is 5.69 Å². The van der Waals surface area contributed by atoms with E-state index in [0.717, 1.165) is 31.5 Å². The van der Waals surface area contributed by atoms with Crippen molar-refractivity contribution in [2.45, 2.75) is 38.8 Å². The Labute approximate surface area is 187 Å². The Hall–Kier alpha value is -3.52. The van der Waals surface area contributed by atoms with Gasteiger partial charge in [-0.2, -0.15) is 0 Å². The molecule has 1 amide bonds. The van der Waals surface area contributed by atoms with Crippen LogP contribution in [0.3, 0.4) is 0 Å². The number of aliphatic imine (C=N–C) groups is 1. The Bertz CT molecular complexity index is 1070. The molecule has 166 valence electrons. The molecule has 0 unspecified atom stereocenters. The van der Waals surface area contributed by atoms with Crippen LogP contribution in [0, 0.1) is 0 Å². The van der Waals surface area contributed by atoms with Crippen LogP contribution in [0.25, 0.3) is 5.69 Å². The topological polar surface area (TPSA) is 107 Å². The molecule has 0 aliphatic heterocycles. The molecule has 4 rings (SSSR count). The molecule has 2 aromatic carbocycles. The molecule has 0 spiro atoms. The Morgan fingerprint density at radius 3 is 2.59 bits per heavy atom. The molecule has 1 saturated carbocycles. The summed E-state index contributed by atoms with van der Waals surface area (Å²) < 4.78 is 1.66. The van der Waals surface area contributed by atoms with Crippen LogP contribution in [0.2, 0.25) is 0 Å². The normalized spacial score (nSPS) is 13.8. The van der Waals surface area contributed by atoms with Crippen molar-refractivity contribution in [1.29, 1.82) is 0 Å². The van der Waals surface area contributed by atoms with Crippen molar-refractivity contribution < 1.29 is 9.90 Å². The van der Waals surface area contributed by atoms with E-state index >= 15 is 0 Å². The maximum atomic E-state index is 12.7. The second-order valence-corrected chi connectivity index (χ2v) is 7.78. The van der Waals surface area contributed by atoms with Gasteiger partial charge in [-0.25, -0.2) is 4.68 Å². The lowest BCUT2D eigenvalue weighted by Crippen LogP contribution is -2.28. The SMILES string of the molecule is CCN=C([O-])c1ccc(-n2nnc(C(=O)NC3CC3)c2CNCCc2ccccc2)cc1. The molecule has 1 aliphatic carbocycles. The predicted octanol–water partition coefficient (Wildman–Crippen LogP) is 1.62. The zero-order chi connectivity index (χ0) is 22.3. The standard InChI is InChI=1S/C24H28N6O2/c1-2-26-23(31)18-8-12-20(13-9-18)30-21(16-25-15-14-17-6-4-3-5-7-17)22(28-29-30)24(32)27-19-10-11-19/h3-9,12-13,19,25H,2,10-11,14-16H2,1H3,(H,26,31)(H,27,32)/p-1. The van der Waals surface area contributed by atoms with Gasteiger partial charge in [-0.3, -0.25) is 4.79 Å². The van der Waals surface area contributed by atoms with Crippen molar-refractivity contribution in [2.75, 3.05) is 13.1 Å². The van der Waals surface area contributed by atoms with E-state index in [0.29, 0.717) is 30.0 Å². The maximum absolute atomic E-state index is 12.7. The third-order valence-electron chi connectivity index (χ3n) is 5.28. The van der Waals surface area contributed by atoms with Gasteiger partial charge < -0.3 is 20.7 Å². The molecule has 2 N–H and O–H groups in total. The molecule has 1 aromatic heterocycles. The molecule has 8 heteroatoms. The molecule has 1 aliphatic rings. The lowest BCUT2D eigenvalue weighted by Gasteiger charge is -2.13. The van der Waals surface area contributed by atoms with Crippen molar-refractivity contribution >= 4 is 11.8 Å². The minimum absolute atomic E-state index is 0.202. The van der Waals surface area contributed by atoms with Crippen molar-refractivity contribution in [1.82, 2.24) is 25.6 Å². The van der Waals surface area contributed by atoms with Gasteiger partial charge in [0.05, 0.1) is 11.4 Å². The van der Waals surface area contributed by atoms with Crippen LogP contribution in [-0.2, 0) is 13.0 Å². The molecule has 1 fully saturated rings. The van der Waals surface area contributed by atoms with Gasteiger partial charge in [-0.1, -0.05) is 47.7 Å². The number of hydrogen-bond acceptors (Lipinski definition) is 6. The summed E-state index contributed by atoms with van der Waals surface area (Å²) in [5.41, 5.74) is 3.51. The summed E-state index contributed by atoms with van der Waals surface area (Å²) in [6.45, 7) is 3.47. The van der Waals surface area contributed by atoms with Gasteiger partial charge >= 0.3 is 0 Å². The molecule has 1 heterocycles. The van der Waals surface area contributed by atoms with E-state index in [1.54, 1.807) is 28.9 Å². The van der Waals surface area contributed by atoms with Crippen LogP contribution >= 0.6 is 0 Å². The van der Waals surface area contributed by atoms with Crippen LogP contribution in [0.15, 0.2) is 59.6 Å². The van der Waals surface area contributed by atoms with Crippen LogP contribution in [-0.4, -0.2) is 45.9 Å². The second kappa shape index (κ2) is 10.2. The Balaban J connectivity index is 1.52. The number of carbonyl (C=O) groups is 1. The van der Waals surface area contributed by atoms with E-state index in [9.17, 15) is 9.90 Å². The van der Waals surface area contributed by atoms with Crippen LogP contribution in [0.5, 0.6) is 0 Å². The number of amides is 1. The predicted molar refractivity (Wildman–Crippen MR) is 121 cm³/mol. The van der Waals surface area contributed by atoms with Gasteiger partial charge in [0.15, 0.2) is 5.69 Å². The van der Waals surface area contributed by atoms with Gasteiger partial charge in [0.2, 0.25) is 0 Å². The van der Waals surface area contributed by atoms with Crippen molar-refractivity contribution in [2.24, 2.45) is 4.99 Å². The first kappa shape index (κ1) is 21.7. The van der Waals surface area contributed by atoms with Gasteiger partial charge in [-0.05, 0) is 61.9 Å². The number of benzene rings is 2. The highest BCUT2D eigenvalue weighted by atomic mass is 16.3. The summed E-state index contributed by atoms with van der Waals surface area (Å²) in [5, 5.41) is 26.8. The summed E-state index contributed by atoms with van der Waals surface area (Å²) in [7, 11) is 0. The summed E-state index contributed by atoms with van der Waals surface area (Å²) in [5.74, 6) is -0.447. The number of hydrogen-bond donors (Lipinski definition) is 2. The van der Waals surface area contributed by atoms with E-state index in [4.69, 9.17) is 0 Å². The average Bonchev–Trinajstić information content (AvgIpc) is 3.53. The van der Waals surface area contributed by atoms with E-state index in [-0.39, 0.29) is 17.8 Å². The number of aromatic nitrogens is 3. The third kappa shape index (κ3) is 5.39. The van der Waals surface area contributed by atoms with Gasteiger partial charge in [0, 0.05) is 19.1 Å². The second-order valence-electron chi connectivity index (χ2n) is 7.78. The minimum Gasteiger partial charge on any atom is -0.858 e. The smallest absolute Gasteiger partial charge is 0.274 e. The van der Waals surface area contributed by atoms with Crippen molar-refractivity contribution in [3.05, 3.63) is 77.1 Å². The quantitative estimate of drug-likeness (QED) is 0.288. The highest BCUT2D eigenvalue weighted by molar-refractivity contribution is 5.94. The zero-order valence-electron chi connectivity index (χ0n) is 18.1.